The van der Waals surface area contributed by atoms with Gasteiger partial charge in [-0.15, -0.1) is 0 Å². The summed E-state index contributed by atoms with van der Waals surface area (Å²) >= 11 is 0. The van der Waals surface area contributed by atoms with Crippen LogP contribution in [0, 0.1) is 12.1 Å². The van der Waals surface area contributed by atoms with Crippen molar-refractivity contribution in [2.75, 3.05) is 38.2 Å². The molecule has 0 radical (unpaired) electrons. The molecule has 0 unspecified atom stereocenters. The van der Waals surface area contributed by atoms with E-state index < -0.39 is 0 Å². The zero-order valence-corrected chi connectivity index (χ0v) is 24.9. The molecule has 4 heterocycles. The second-order valence-electron chi connectivity index (χ2n) is 11.4. The maximum absolute atomic E-state index is 13.5. The van der Waals surface area contributed by atoms with Gasteiger partial charge in [-0.1, -0.05) is 18.2 Å². The molecular formula is C33H36N4O7. The number of aromatic nitrogens is 1. The Kier molecular flexibility index (Phi) is 8.28. The van der Waals surface area contributed by atoms with E-state index in [4.69, 9.17) is 14.2 Å². The van der Waals surface area contributed by atoms with Gasteiger partial charge in [0.15, 0.2) is 6.20 Å². The maximum atomic E-state index is 13.5. The van der Waals surface area contributed by atoms with E-state index in [2.05, 4.69) is 0 Å². The minimum atomic E-state index is -0.341. The number of ether oxygens (including phenoxy) is 3. The third-order valence-corrected chi connectivity index (χ3v) is 8.79. The van der Waals surface area contributed by atoms with Gasteiger partial charge in [-0.3, -0.25) is 14.5 Å². The lowest BCUT2D eigenvalue weighted by Gasteiger charge is -2.40. The van der Waals surface area contributed by atoms with Gasteiger partial charge in [0.2, 0.25) is 5.69 Å². The van der Waals surface area contributed by atoms with Crippen LogP contribution in [-0.2, 0) is 11.3 Å². The summed E-state index contributed by atoms with van der Waals surface area (Å²) in [6.45, 7) is 3.96. The molecule has 230 valence electrons. The highest BCUT2D eigenvalue weighted by atomic mass is 16.6. The van der Waals surface area contributed by atoms with Gasteiger partial charge in [-0.25, -0.2) is 4.79 Å². The van der Waals surface area contributed by atoms with E-state index in [1.807, 2.05) is 24.3 Å². The van der Waals surface area contributed by atoms with Crippen LogP contribution in [0.15, 0.2) is 60.8 Å². The quantitative estimate of drug-likeness (QED) is 0.309. The number of amides is 3. The second-order valence-corrected chi connectivity index (χ2v) is 11.4. The smallest absolute Gasteiger partial charge is 0.414 e. The number of anilines is 1. The molecule has 0 N–H and O–H groups in total. The Labute approximate surface area is 256 Å². The first-order chi connectivity index (χ1) is 21.3. The van der Waals surface area contributed by atoms with Gasteiger partial charge in [0, 0.05) is 69.7 Å². The van der Waals surface area contributed by atoms with Crippen molar-refractivity contribution < 1.29 is 33.3 Å². The molecule has 0 aliphatic carbocycles. The van der Waals surface area contributed by atoms with Crippen LogP contribution in [0.5, 0.6) is 11.5 Å². The molecule has 6 rings (SSSR count). The minimum absolute atomic E-state index is 0.0489. The van der Waals surface area contributed by atoms with Crippen LogP contribution in [-0.4, -0.2) is 73.1 Å². The molecule has 3 aliphatic heterocycles. The molecule has 11 nitrogen and oxygen atoms in total. The second kappa shape index (κ2) is 12.4. The van der Waals surface area contributed by atoms with Gasteiger partial charge in [0.1, 0.15) is 29.8 Å². The van der Waals surface area contributed by atoms with E-state index in [1.165, 1.54) is 13.3 Å². The van der Waals surface area contributed by atoms with E-state index in [9.17, 15) is 19.6 Å². The highest BCUT2D eigenvalue weighted by Crippen LogP contribution is 2.33. The summed E-state index contributed by atoms with van der Waals surface area (Å²) < 4.78 is 17.9. The lowest BCUT2D eigenvalue weighted by molar-refractivity contribution is -0.612. The van der Waals surface area contributed by atoms with E-state index in [1.54, 1.807) is 52.0 Å². The van der Waals surface area contributed by atoms with Crippen LogP contribution in [0.3, 0.4) is 0 Å². The molecule has 11 heteroatoms. The third-order valence-electron chi connectivity index (χ3n) is 8.79. The monoisotopic (exact) mass is 600 g/mol. The van der Waals surface area contributed by atoms with Crippen molar-refractivity contribution in [2.24, 2.45) is 0 Å². The SMILES string of the molecule is COc1cc(OC2CCN(C(=O)c3ccc[n+]([O-])c3C)CC2)ccc1C(=O)N1CCC(N2C(=O)OCc3ccccc32)CC1. The number of para-hydroxylation sites is 1. The molecule has 44 heavy (non-hydrogen) atoms. The maximum Gasteiger partial charge on any atom is 0.414 e. The summed E-state index contributed by atoms with van der Waals surface area (Å²) in [6, 6.07) is 16.2. The zero-order chi connectivity index (χ0) is 30.8. The fourth-order valence-corrected chi connectivity index (χ4v) is 6.27. The van der Waals surface area contributed by atoms with Crippen LogP contribution in [0.2, 0.25) is 0 Å². The largest absolute Gasteiger partial charge is 0.618 e. The predicted molar refractivity (Wildman–Crippen MR) is 161 cm³/mol. The number of hydrogen-bond donors (Lipinski definition) is 0. The number of carbonyl (C=O) groups is 3. The Bertz CT molecular complexity index is 1560. The lowest BCUT2D eigenvalue weighted by atomic mass is 10.00. The zero-order valence-electron chi connectivity index (χ0n) is 24.9. The Balaban J connectivity index is 1.05. The van der Waals surface area contributed by atoms with Crippen LogP contribution < -0.4 is 19.1 Å². The Morgan fingerprint density at radius 2 is 1.59 bits per heavy atom. The summed E-state index contributed by atoms with van der Waals surface area (Å²) in [5.41, 5.74) is 3.12. The predicted octanol–water partition coefficient (Wildman–Crippen LogP) is 4.08. The Morgan fingerprint density at radius 1 is 0.909 bits per heavy atom. The van der Waals surface area contributed by atoms with Gasteiger partial charge in [0.05, 0.1) is 18.4 Å². The van der Waals surface area contributed by atoms with Crippen LogP contribution >= 0.6 is 0 Å². The highest BCUT2D eigenvalue weighted by Gasteiger charge is 2.35. The summed E-state index contributed by atoms with van der Waals surface area (Å²) in [7, 11) is 1.53. The summed E-state index contributed by atoms with van der Waals surface area (Å²) in [4.78, 5) is 44.4. The van der Waals surface area contributed by atoms with Crippen molar-refractivity contribution in [3.05, 3.63) is 88.4 Å². The van der Waals surface area contributed by atoms with Gasteiger partial charge in [-0.05, 0) is 37.1 Å². The lowest BCUT2D eigenvalue weighted by Crippen LogP contribution is -2.50. The number of methoxy groups -OCH3 is 1. The molecule has 0 bridgehead atoms. The van der Waals surface area contributed by atoms with Gasteiger partial charge >= 0.3 is 6.09 Å². The molecule has 0 atom stereocenters. The van der Waals surface area contributed by atoms with E-state index >= 15 is 0 Å². The number of likely N-dealkylation sites (tertiary alicyclic amines) is 2. The molecule has 2 fully saturated rings. The van der Waals surface area contributed by atoms with Crippen molar-refractivity contribution in [1.29, 1.82) is 0 Å². The number of cyclic esters (lactones) is 1. The number of piperidine rings is 2. The molecule has 2 saturated heterocycles. The van der Waals surface area contributed by atoms with Crippen LogP contribution in [0.25, 0.3) is 0 Å². The fraction of sp³-hybridized carbons (Fsp3) is 0.394. The van der Waals surface area contributed by atoms with Gasteiger partial charge in [0.25, 0.3) is 11.8 Å². The standard InChI is InChI=1S/C33H36N4O7/c1-22-27(7-5-15-36(22)41)31(38)35-18-13-25(14-19-35)44-26-9-10-28(30(20-26)42-2)32(39)34-16-11-24(12-17-34)37-29-8-4-3-6-23(29)21-43-33(37)40/h3-10,15,20,24-25H,11-14,16-19,21H2,1-2H3. The van der Waals surface area contributed by atoms with Crippen LogP contribution in [0.4, 0.5) is 10.5 Å². The number of benzene rings is 2. The number of rotatable bonds is 6. The van der Waals surface area contributed by atoms with Crippen molar-refractivity contribution in [1.82, 2.24) is 9.80 Å². The summed E-state index contributed by atoms with van der Waals surface area (Å²) in [5, 5.41) is 11.9. The molecule has 0 spiro atoms. The highest BCUT2D eigenvalue weighted by molar-refractivity contribution is 5.97. The fourth-order valence-electron chi connectivity index (χ4n) is 6.27. The molecule has 2 aromatic carbocycles. The molecular weight excluding hydrogens is 564 g/mol. The first-order valence-corrected chi connectivity index (χ1v) is 15.0. The van der Waals surface area contributed by atoms with E-state index in [0.717, 1.165) is 11.3 Å². The Hall–Kier alpha value is -4.80. The first kappa shape index (κ1) is 29.3. The van der Waals surface area contributed by atoms with Gasteiger partial charge in [-0.2, -0.15) is 4.73 Å². The topological polar surface area (TPSA) is 116 Å². The average molecular weight is 601 g/mol. The van der Waals surface area contributed by atoms with E-state index in [-0.39, 0.29) is 36.7 Å². The molecule has 3 aliphatic rings. The van der Waals surface area contributed by atoms with Crippen molar-refractivity contribution in [3.63, 3.8) is 0 Å². The third kappa shape index (κ3) is 5.73. The molecule has 3 amide bonds. The Morgan fingerprint density at radius 3 is 2.32 bits per heavy atom. The van der Waals surface area contributed by atoms with Crippen molar-refractivity contribution >= 4 is 23.6 Å². The normalized spacial score (nSPS) is 17.6. The van der Waals surface area contributed by atoms with Gasteiger partial charge < -0.3 is 29.2 Å². The number of pyridine rings is 1. The van der Waals surface area contributed by atoms with Crippen molar-refractivity contribution in [2.45, 2.75) is 51.4 Å². The number of carbonyl (C=O) groups excluding carboxylic acids is 3. The summed E-state index contributed by atoms with van der Waals surface area (Å²) in [6.07, 6.45) is 3.50. The van der Waals surface area contributed by atoms with Crippen LogP contribution in [0.1, 0.15) is 57.7 Å². The van der Waals surface area contributed by atoms with E-state index in [0.29, 0.717) is 84.9 Å². The molecule has 1 aromatic heterocycles. The average Bonchev–Trinajstić information content (AvgIpc) is 3.06. The first-order valence-electron chi connectivity index (χ1n) is 15.0. The number of nitrogens with zero attached hydrogens (tertiary/aromatic N) is 4. The van der Waals surface area contributed by atoms with Crippen molar-refractivity contribution in [3.8, 4) is 11.5 Å². The molecule has 3 aromatic rings. The summed E-state index contributed by atoms with van der Waals surface area (Å²) in [5.74, 6) is 0.744. The molecule has 0 saturated carbocycles. The minimum Gasteiger partial charge on any atom is -0.618 e. The number of hydrogen-bond acceptors (Lipinski definition) is 7. The number of fused-ring (bicyclic) bond motifs is 1.